The van der Waals surface area contributed by atoms with Gasteiger partial charge in [0.15, 0.2) is 0 Å². The summed E-state index contributed by atoms with van der Waals surface area (Å²) in [6.45, 7) is 6.32. The Morgan fingerprint density at radius 3 is 2.00 bits per heavy atom. The first-order valence-corrected chi connectivity index (χ1v) is 8.14. The summed E-state index contributed by atoms with van der Waals surface area (Å²) in [4.78, 5) is 0. The maximum absolute atomic E-state index is 4.04. The van der Waals surface area contributed by atoms with Crippen molar-refractivity contribution in [1.82, 2.24) is 0 Å². The number of hydrogen-bond acceptors (Lipinski definition) is 0. The van der Waals surface area contributed by atoms with E-state index in [4.69, 9.17) is 0 Å². The van der Waals surface area contributed by atoms with E-state index in [9.17, 15) is 0 Å². The first-order valence-electron chi connectivity index (χ1n) is 8.14. The molecule has 0 aliphatic heterocycles. The van der Waals surface area contributed by atoms with Crippen molar-refractivity contribution in [3.8, 4) is 11.1 Å². The van der Waals surface area contributed by atoms with E-state index >= 15 is 0 Å². The van der Waals surface area contributed by atoms with E-state index in [-0.39, 0.29) is 5.41 Å². The molecule has 21 heavy (non-hydrogen) atoms. The van der Waals surface area contributed by atoms with Gasteiger partial charge in [-0.1, -0.05) is 80.8 Å². The van der Waals surface area contributed by atoms with Crippen molar-refractivity contribution >= 4 is 0 Å². The Bertz CT molecular complexity index is 590. The molecule has 2 aromatic carbocycles. The van der Waals surface area contributed by atoms with Crippen molar-refractivity contribution in [2.24, 2.45) is 0 Å². The molecule has 0 heteroatoms. The van der Waals surface area contributed by atoms with Gasteiger partial charge in [-0.25, -0.2) is 0 Å². The van der Waals surface area contributed by atoms with Crippen LogP contribution in [0.25, 0.3) is 11.1 Å². The van der Waals surface area contributed by atoms with Crippen LogP contribution in [0.4, 0.5) is 0 Å². The van der Waals surface area contributed by atoms with Gasteiger partial charge in [0, 0.05) is 5.41 Å². The Hall–Kier alpha value is -1.82. The second kappa shape index (κ2) is 5.89. The number of benzene rings is 2. The minimum atomic E-state index is 0.143. The van der Waals surface area contributed by atoms with Crippen molar-refractivity contribution in [3.05, 3.63) is 72.3 Å². The zero-order valence-corrected chi connectivity index (χ0v) is 12.9. The van der Waals surface area contributed by atoms with Crippen LogP contribution < -0.4 is 0 Å². The van der Waals surface area contributed by atoms with Crippen molar-refractivity contribution in [2.45, 2.75) is 44.4 Å². The molecule has 2 aromatic rings. The minimum absolute atomic E-state index is 0.143. The van der Waals surface area contributed by atoms with E-state index in [1.54, 1.807) is 0 Å². The Balaban J connectivity index is 2.15. The van der Waals surface area contributed by atoms with Crippen LogP contribution in [0.15, 0.2) is 61.2 Å². The second-order valence-electron chi connectivity index (χ2n) is 6.12. The standard InChI is InChI=1S/C21H24/c1-3-5-10-16-21(15-4-2)19-13-8-6-11-17(19)18-12-7-9-14-20(18)21/h4,6-9,11-14H,2-3,5,10,15-16H2,1H3. The molecule has 0 saturated carbocycles. The Morgan fingerprint density at radius 2 is 1.48 bits per heavy atom. The lowest BCUT2D eigenvalue weighted by Gasteiger charge is -2.31. The molecule has 108 valence electrons. The van der Waals surface area contributed by atoms with Crippen LogP contribution in [0.3, 0.4) is 0 Å². The minimum Gasteiger partial charge on any atom is -0.103 e. The molecule has 0 spiro atoms. The average molecular weight is 276 g/mol. The van der Waals surface area contributed by atoms with Crippen LogP contribution in [0.2, 0.25) is 0 Å². The first-order chi connectivity index (χ1) is 10.3. The van der Waals surface area contributed by atoms with Crippen LogP contribution in [0.1, 0.15) is 50.2 Å². The summed E-state index contributed by atoms with van der Waals surface area (Å²) >= 11 is 0. The maximum atomic E-state index is 4.04. The van der Waals surface area contributed by atoms with Gasteiger partial charge >= 0.3 is 0 Å². The van der Waals surface area contributed by atoms with E-state index in [1.165, 1.54) is 47.9 Å². The Morgan fingerprint density at radius 1 is 0.905 bits per heavy atom. The van der Waals surface area contributed by atoms with Gasteiger partial charge in [0.1, 0.15) is 0 Å². The fourth-order valence-electron chi connectivity index (χ4n) is 3.93. The van der Waals surface area contributed by atoms with Gasteiger partial charge in [-0.2, -0.15) is 0 Å². The third-order valence-corrected chi connectivity index (χ3v) is 4.88. The molecule has 0 amide bonds. The van der Waals surface area contributed by atoms with E-state index in [0.717, 1.165) is 6.42 Å². The predicted molar refractivity (Wildman–Crippen MR) is 91.6 cm³/mol. The van der Waals surface area contributed by atoms with Gasteiger partial charge in [-0.3, -0.25) is 0 Å². The summed E-state index contributed by atoms with van der Waals surface area (Å²) < 4.78 is 0. The van der Waals surface area contributed by atoms with E-state index in [0.29, 0.717) is 0 Å². The molecule has 1 aliphatic rings. The van der Waals surface area contributed by atoms with Crippen LogP contribution in [-0.4, -0.2) is 0 Å². The van der Waals surface area contributed by atoms with E-state index < -0.39 is 0 Å². The zero-order valence-electron chi connectivity index (χ0n) is 12.9. The second-order valence-corrected chi connectivity index (χ2v) is 6.12. The van der Waals surface area contributed by atoms with E-state index in [1.807, 2.05) is 0 Å². The molecule has 0 aromatic heterocycles. The Labute approximate surface area is 128 Å². The van der Waals surface area contributed by atoms with Crippen LogP contribution >= 0.6 is 0 Å². The van der Waals surface area contributed by atoms with Gasteiger partial charge in [0.05, 0.1) is 0 Å². The molecule has 0 N–H and O–H groups in total. The Kier molecular flexibility index (Phi) is 3.96. The quantitative estimate of drug-likeness (QED) is 0.441. The fraction of sp³-hybridized carbons (Fsp3) is 0.333. The molecule has 0 saturated heterocycles. The molecule has 0 bridgehead atoms. The highest BCUT2D eigenvalue weighted by atomic mass is 14.4. The third kappa shape index (κ3) is 2.23. The topological polar surface area (TPSA) is 0 Å². The van der Waals surface area contributed by atoms with Crippen molar-refractivity contribution in [2.75, 3.05) is 0 Å². The van der Waals surface area contributed by atoms with Crippen LogP contribution in [0.5, 0.6) is 0 Å². The lowest BCUT2D eigenvalue weighted by atomic mass is 9.72. The van der Waals surface area contributed by atoms with Gasteiger partial charge in [0.25, 0.3) is 0 Å². The molecule has 1 aliphatic carbocycles. The number of hydrogen-bond donors (Lipinski definition) is 0. The molecule has 0 atom stereocenters. The van der Waals surface area contributed by atoms with Gasteiger partial charge in [-0.15, -0.1) is 6.58 Å². The molecule has 0 fully saturated rings. The molecule has 0 radical (unpaired) electrons. The van der Waals surface area contributed by atoms with E-state index in [2.05, 4.69) is 68.1 Å². The number of allylic oxidation sites excluding steroid dienone is 1. The van der Waals surface area contributed by atoms with Crippen molar-refractivity contribution < 1.29 is 0 Å². The lowest BCUT2D eigenvalue weighted by Crippen LogP contribution is -2.24. The SMILES string of the molecule is C=CCC1(CCCCC)c2ccccc2-c2ccccc21. The lowest BCUT2D eigenvalue weighted by molar-refractivity contribution is 0.459. The third-order valence-electron chi connectivity index (χ3n) is 4.88. The van der Waals surface area contributed by atoms with Crippen molar-refractivity contribution in [1.29, 1.82) is 0 Å². The number of rotatable bonds is 6. The van der Waals surface area contributed by atoms with Crippen molar-refractivity contribution in [3.63, 3.8) is 0 Å². The normalized spacial score (nSPS) is 14.5. The summed E-state index contributed by atoms with van der Waals surface area (Å²) in [5, 5.41) is 0. The number of unbranched alkanes of at least 4 members (excludes halogenated alkanes) is 2. The summed E-state index contributed by atoms with van der Waals surface area (Å²) in [6, 6.07) is 17.9. The average Bonchev–Trinajstić information content (AvgIpc) is 2.80. The van der Waals surface area contributed by atoms with Crippen LogP contribution in [0, 0.1) is 0 Å². The predicted octanol–water partition coefficient (Wildman–Crippen LogP) is 6.11. The van der Waals surface area contributed by atoms with Gasteiger partial charge in [0.2, 0.25) is 0 Å². The maximum Gasteiger partial charge on any atom is 0.0249 e. The fourth-order valence-corrected chi connectivity index (χ4v) is 3.93. The summed E-state index contributed by atoms with van der Waals surface area (Å²) in [5.41, 5.74) is 5.99. The first kappa shape index (κ1) is 14.1. The highest BCUT2D eigenvalue weighted by Gasteiger charge is 2.41. The molecule has 0 heterocycles. The zero-order chi connectivity index (χ0) is 14.7. The molecule has 0 nitrogen and oxygen atoms in total. The molecular weight excluding hydrogens is 252 g/mol. The smallest absolute Gasteiger partial charge is 0.0249 e. The number of fused-ring (bicyclic) bond motifs is 3. The van der Waals surface area contributed by atoms with Gasteiger partial charge in [-0.05, 0) is 35.1 Å². The summed E-state index contributed by atoms with van der Waals surface area (Å²) in [7, 11) is 0. The monoisotopic (exact) mass is 276 g/mol. The highest BCUT2D eigenvalue weighted by molar-refractivity contribution is 5.81. The molecule has 3 rings (SSSR count). The summed E-state index contributed by atoms with van der Waals surface area (Å²) in [5.74, 6) is 0. The highest BCUT2D eigenvalue weighted by Crippen LogP contribution is 2.53. The summed E-state index contributed by atoms with van der Waals surface area (Å²) in [6.07, 6.45) is 8.22. The molecular formula is C21H24. The molecule has 0 unspecified atom stereocenters. The van der Waals surface area contributed by atoms with Gasteiger partial charge < -0.3 is 0 Å². The van der Waals surface area contributed by atoms with Crippen LogP contribution in [-0.2, 0) is 5.41 Å². The largest absolute Gasteiger partial charge is 0.103 e.